The molecule has 0 spiro atoms. The van der Waals surface area contributed by atoms with E-state index in [-0.39, 0.29) is 16.7 Å². The molecule has 0 aromatic heterocycles. The van der Waals surface area contributed by atoms with Crippen molar-refractivity contribution in [1.29, 1.82) is 0 Å². The van der Waals surface area contributed by atoms with Crippen LogP contribution in [0.25, 0.3) is 0 Å². The van der Waals surface area contributed by atoms with Gasteiger partial charge in [0.05, 0.1) is 0 Å². The number of likely N-dealkylation sites (tertiary alicyclic amines) is 1. The second kappa shape index (κ2) is 6.64. The van der Waals surface area contributed by atoms with E-state index in [0.717, 1.165) is 25.0 Å². The van der Waals surface area contributed by atoms with Crippen molar-refractivity contribution < 1.29 is 4.79 Å². The molecular weight excluding hydrogens is 258 g/mol. The van der Waals surface area contributed by atoms with Gasteiger partial charge in [0.25, 0.3) is 0 Å². The zero-order chi connectivity index (χ0) is 16.3. The highest BCUT2D eigenvalue weighted by Gasteiger charge is 2.45. The summed E-state index contributed by atoms with van der Waals surface area (Å²) in [6, 6.07) is 0. The van der Waals surface area contributed by atoms with E-state index >= 15 is 0 Å². The molecule has 1 atom stereocenters. The third-order valence-electron chi connectivity index (χ3n) is 4.30. The molecule has 1 heterocycles. The molecule has 0 saturated carbocycles. The van der Waals surface area contributed by atoms with Crippen molar-refractivity contribution in [3.8, 4) is 0 Å². The first-order valence-corrected chi connectivity index (χ1v) is 7.83. The Labute approximate surface area is 130 Å². The van der Waals surface area contributed by atoms with Crippen molar-refractivity contribution >= 4 is 5.91 Å². The van der Waals surface area contributed by atoms with Gasteiger partial charge in [-0.15, -0.1) is 0 Å². The van der Waals surface area contributed by atoms with E-state index in [1.807, 2.05) is 17.1 Å². The second-order valence-electron chi connectivity index (χ2n) is 8.02. The number of allylic oxidation sites excluding steroid dienone is 2. The molecule has 2 heteroatoms. The Morgan fingerprint density at radius 3 is 2.48 bits per heavy atom. The summed E-state index contributed by atoms with van der Waals surface area (Å²) in [7, 11) is 0. The highest BCUT2D eigenvalue weighted by molar-refractivity contribution is 5.82. The van der Waals surface area contributed by atoms with E-state index in [2.05, 4.69) is 47.8 Å². The number of rotatable bonds is 6. The minimum absolute atomic E-state index is 0.0444. The molecule has 1 amide bonds. The van der Waals surface area contributed by atoms with Crippen molar-refractivity contribution in [2.24, 2.45) is 16.7 Å². The van der Waals surface area contributed by atoms with Crippen LogP contribution in [0.3, 0.4) is 0 Å². The highest BCUT2D eigenvalue weighted by Crippen LogP contribution is 2.41. The van der Waals surface area contributed by atoms with Crippen molar-refractivity contribution in [2.75, 3.05) is 13.1 Å². The second-order valence-corrected chi connectivity index (χ2v) is 8.02. The zero-order valence-electron chi connectivity index (χ0n) is 14.4. The van der Waals surface area contributed by atoms with Gasteiger partial charge in [0.2, 0.25) is 5.91 Å². The lowest BCUT2D eigenvalue weighted by Crippen LogP contribution is -2.29. The maximum atomic E-state index is 12.7. The lowest BCUT2D eigenvalue weighted by Gasteiger charge is -2.27. The Bertz CT molecular complexity index is 437. The third-order valence-corrected chi connectivity index (χ3v) is 4.30. The van der Waals surface area contributed by atoms with Crippen molar-refractivity contribution in [1.82, 2.24) is 4.90 Å². The normalized spacial score (nSPS) is 22.5. The van der Waals surface area contributed by atoms with Gasteiger partial charge in [-0.2, -0.15) is 0 Å². The molecule has 0 aromatic carbocycles. The van der Waals surface area contributed by atoms with Crippen LogP contribution in [0.15, 0.2) is 37.0 Å². The SMILES string of the molecule is C=C/C=C(\C=C)CN1CC(C)(C)C(CCC(C)(C)C)C1=O. The summed E-state index contributed by atoms with van der Waals surface area (Å²) >= 11 is 0. The molecule has 1 saturated heterocycles. The lowest BCUT2D eigenvalue weighted by molar-refractivity contribution is -0.131. The Morgan fingerprint density at radius 1 is 1.38 bits per heavy atom. The van der Waals surface area contributed by atoms with E-state index in [0.29, 0.717) is 12.5 Å². The van der Waals surface area contributed by atoms with Gasteiger partial charge >= 0.3 is 0 Å². The molecule has 0 N–H and O–H groups in total. The predicted molar refractivity (Wildman–Crippen MR) is 91.0 cm³/mol. The molecule has 2 nitrogen and oxygen atoms in total. The van der Waals surface area contributed by atoms with Gasteiger partial charge in [-0.1, -0.05) is 66.0 Å². The minimum atomic E-state index is 0.0444. The smallest absolute Gasteiger partial charge is 0.226 e. The first-order chi connectivity index (χ1) is 9.60. The van der Waals surface area contributed by atoms with Crippen molar-refractivity contribution in [3.05, 3.63) is 37.0 Å². The number of carbonyl (C=O) groups excluding carboxylic acids is 1. The fraction of sp³-hybridized carbons (Fsp3) is 0.632. The molecule has 0 aromatic rings. The van der Waals surface area contributed by atoms with E-state index < -0.39 is 0 Å². The van der Waals surface area contributed by atoms with Crippen LogP contribution in [0, 0.1) is 16.7 Å². The first kappa shape index (κ1) is 17.7. The van der Waals surface area contributed by atoms with Gasteiger partial charge in [-0.05, 0) is 29.2 Å². The van der Waals surface area contributed by atoms with Gasteiger partial charge in [-0.25, -0.2) is 0 Å². The summed E-state index contributed by atoms with van der Waals surface area (Å²) in [6.45, 7) is 20.1. The Balaban J connectivity index is 2.80. The van der Waals surface area contributed by atoms with Crippen LogP contribution in [0.1, 0.15) is 47.5 Å². The molecule has 1 fully saturated rings. The predicted octanol–water partition coefficient (Wildman–Crippen LogP) is 4.60. The molecule has 1 unspecified atom stereocenters. The molecule has 0 bridgehead atoms. The van der Waals surface area contributed by atoms with E-state index in [1.165, 1.54) is 0 Å². The zero-order valence-corrected chi connectivity index (χ0v) is 14.4. The van der Waals surface area contributed by atoms with E-state index in [9.17, 15) is 4.79 Å². The topological polar surface area (TPSA) is 20.3 Å². The average Bonchev–Trinajstić information content (AvgIpc) is 2.55. The largest absolute Gasteiger partial charge is 0.338 e. The molecule has 118 valence electrons. The fourth-order valence-electron chi connectivity index (χ4n) is 3.02. The number of amides is 1. The van der Waals surface area contributed by atoms with Crippen LogP contribution < -0.4 is 0 Å². The molecular formula is C19H31NO. The van der Waals surface area contributed by atoms with E-state index in [1.54, 1.807) is 6.08 Å². The minimum Gasteiger partial charge on any atom is -0.338 e. The van der Waals surface area contributed by atoms with Gasteiger partial charge in [0.15, 0.2) is 0 Å². The summed E-state index contributed by atoms with van der Waals surface area (Å²) in [6.07, 6.45) is 7.54. The monoisotopic (exact) mass is 289 g/mol. The maximum Gasteiger partial charge on any atom is 0.226 e. The van der Waals surface area contributed by atoms with Gasteiger partial charge < -0.3 is 4.90 Å². The highest BCUT2D eigenvalue weighted by atomic mass is 16.2. The van der Waals surface area contributed by atoms with Crippen molar-refractivity contribution in [2.45, 2.75) is 47.5 Å². The van der Waals surface area contributed by atoms with Gasteiger partial charge in [-0.3, -0.25) is 4.79 Å². The number of hydrogen-bond acceptors (Lipinski definition) is 1. The average molecular weight is 289 g/mol. The molecule has 1 aliphatic rings. The summed E-state index contributed by atoms with van der Waals surface area (Å²) in [4.78, 5) is 14.7. The Kier molecular flexibility index (Phi) is 5.61. The first-order valence-electron chi connectivity index (χ1n) is 7.83. The third kappa shape index (κ3) is 4.87. The summed E-state index contributed by atoms with van der Waals surface area (Å²) < 4.78 is 0. The van der Waals surface area contributed by atoms with Crippen molar-refractivity contribution in [3.63, 3.8) is 0 Å². The Morgan fingerprint density at radius 2 is 2.00 bits per heavy atom. The summed E-state index contributed by atoms with van der Waals surface area (Å²) in [5, 5.41) is 0. The molecule has 1 aliphatic heterocycles. The standard InChI is InChI=1S/C19H31NO/c1-8-10-15(9-2)13-20-14-19(6,7)16(17(20)21)11-12-18(3,4)5/h8-10,16H,1-2,11-14H2,3-7H3/b15-10+. The molecule has 0 radical (unpaired) electrons. The van der Waals surface area contributed by atoms with Crippen LogP contribution in [-0.2, 0) is 4.79 Å². The quantitative estimate of drug-likeness (QED) is 0.655. The van der Waals surface area contributed by atoms with Gasteiger partial charge in [0.1, 0.15) is 0 Å². The number of nitrogens with zero attached hydrogens (tertiary/aromatic N) is 1. The van der Waals surface area contributed by atoms with Crippen LogP contribution >= 0.6 is 0 Å². The van der Waals surface area contributed by atoms with Crippen LogP contribution in [-0.4, -0.2) is 23.9 Å². The van der Waals surface area contributed by atoms with Crippen LogP contribution in [0.5, 0.6) is 0 Å². The Hall–Kier alpha value is -1.31. The number of hydrogen-bond donors (Lipinski definition) is 0. The van der Waals surface area contributed by atoms with E-state index in [4.69, 9.17) is 0 Å². The van der Waals surface area contributed by atoms with Gasteiger partial charge in [0, 0.05) is 19.0 Å². The molecule has 21 heavy (non-hydrogen) atoms. The molecule has 0 aliphatic carbocycles. The summed E-state index contributed by atoms with van der Waals surface area (Å²) in [5.74, 6) is 0.424. The molecule has 1 rings (SSSR count). The fourth-order valence-corrected chi connectivity index (χ4v) is 3.02. The number of carbonyl (C=O) groups is 1. The maximum absolute atomic E-state index is 12.7. The van der Waals surface area contributed by atoms with Crippen LogP contribution in [0.2, 0.25) is 0 Å². The lowest BCUT2D eigenvalue weighted by atomic mass is 9.76. The summed E-state index contributed by atoms with van der Waals surface area (Å²) in [5.41, 5.74) is 1.37. The van der Waals surface area contributed by atoms with Crippen LogP contribution in [0.4, 0.5) is 0 Å².